The number of rotatable bonds is 10. The Bertz CT molecular complexity index is 3030. The molecule has 2 saturated heterocycles. The van der Waals surface area contributed by atoms with Gasteiger partial charge in [-0.25, -0.2) is 14.0 Å². The van der Waals surface area contributed by atoms with Gasteiger partial charge in [0.25, 0.3) is 5.91 Å². The third-order valence-electron chi connectivity index (χ3n) is 12.5. The van der Waals surface area contributed by atoms with E-state index in [1.165, 1.54) is 43.6 Å². The van der Waals surface area contributed by atoms with Crippen molar-refractivity contribution >= 4 is 51.2 Å². The number of carboxylic acids is 1. The predicted octanol–water partition coefficient (Wildman–Crippen LogP) is 5.17. The molecule has 2 aromatic heterocycles. The number of carbonyl (C=O) groups excluding carboxylic acids is 2. The number of hydrogen-bond acceptors (Lipinski definition) is 16. The fraction of sp³-hybridized carbons (Fsp3) is 0.408. The summed E-state index contributed by atoms with van der Waals surface area (Å²) in [5.41, 5.74) is 4.62. The molecule has 3 aromatic carbocycles. The van der Waals surface area contributed by atoms with E-state index in [2.05, 4.69) is 10.2 Å². The van der Waals surface area contributed by atoms with Gasteiger partial charge in [0.1, 0.15) is 41.0 Å². The lowest BCUT2D eigenvalue weighted by Gasteiger charge is -2.47. The molecule has 0 spiro atoms. The number of halogens is 1. The first kappa shape index (κ1) is 50.7. The number of carboxylic acid groups (broad SMARTS) is 1. The molecule has 5 atom stereocenters. The van der Waals surface area contributed by atoms with Crippen LogP contribution in [0.4, 0.5) is 20.6 Å². The summed E-state index contributed by atoms with van der Waals surface area (Å²) in [4.78, 5) is 66.0. The quantitative estimate of drug-likeness (QED) is 0.0985. The number of aromatic hydroxyl groups is 2. The minimum absolute atomic E-state index is 0.0183. The van der Waals surface area contributed by atoms with Crippen LogP contribution in [0.5, 0.6) is 23.2 Å². The van der Waals surface area contributed by atoms with Crippen molar-refractivity contribution in [2.75, 3.05) is 57.2 Å². The van der Waals surface area contributed by atoms with Gasteiger partial charge in [0.05, 0.1) is 27.9 Å². The van der Waals surface area contributed by atoms with Gasteiger partial charge >= 0.3 is 18.0 Å². The van der Waals surface area contributed by atoms with E-state index in [0.717, 1.165) is 24.7 Å². The first-order chi connectivity index (χ1) is 33.0. The maximum atomic E-state index is 15.0. The number of ether oxygens (including phenoxy) is 5. The summed E-state index contributed by atoms with van der Waals surface area (Å²) in [6.07, 6.45) is -2.47. The number of anilines is 2. The Morgan fingerprint density at radius 2 is 1.73 bits per heavy atom. The van der Waals surface area contributed by atoms with E-state index in [-0.39, 0.29) is 57.2 Å². The molecule has 374 valence electrons. The first-order valence-corrected chi connectivity index (χ1v) is 22.3. The van der Waals surface area contributed by atoms with Crippen molar-refractivity contribution in [3.05, 3.63) is 103 Å². The third kappa shape index (κ3) is 9.95. The Labute approximate surface area is 400 Å². The lowest BCUT2D eigenvalue weighted by atomic mass is 9.89. The van der Waals surface area contributed by atoms with Crippen LogP contribution in [-0.2, 0) is 20.6 Å². The molecule has 70 heavy (non-hydrogen) atoms. The second kappa shape index (κ2) is 20.0. The fourth-order valence-electron chi connectivity index (χ4n) is 8.75. The van der Waals surface area contributed by atoms with Gasteiger partial charge in [-0.1, -0.05) is 11.6 Å². The molecule has 0 radical (unpaired) electrons. The number of aryl methyl sites for hydroxylation is 1. The van der Waals surface area contributed by atoms with Gasteiger partial charge < -0.3 is 73.9 Å². The molecular formula is C49H56FN5O15. The van der Waals surface area contributed by atoms with Gasteiger partial charge in [0.15, 0.2) is 29.5 Å². The zero-order chi connectivity index (χ0) is 51.1. The number of likely N-dealkylation sites (N-methyl/N-ethyl adjacent to an activating group) is 1. The molecule has 5 heterocycles. The number of allylic oxidation sites excluding steroid dienone is 2. The van der Waals surface area contributed by atoms with Gasteiger partial charge in [-0.05, 0) is 97.0 Å². The van der Waals surface area contributed by atoms with E-state index in [1.54, 1.807) is 25.3 Å². The SMILES string of the molecule is CC1COc2c(N3CCN(C)CC3)c(F)cc3c(=O)c(C(=O)O)cn1c23.CO[C@@H]1[C@@H](OC(N)=O)[C@@H](O)[C@H](Oc2ccc3c(=O)c(NC(=O)c4ccc(O)c(CC=C(C)C)c4)c(O)oc3c2C)OC1(C)C. The fourth-order valence-corrected chi connectivity index (χ4v) is 8.75. The van der Waals surface area contributed by atoms with Crippen molar-refractivity contribution in [1.82, 2.24) is 9.47 Å². The van der Waals surface area contributed by atoms with Crippen molar-refractivity contribution in [2.45, 2.75) is 84.2 Å². The standard InChI is InChI=1S/C31H36N2O11.C18H20FN3O4/c1-14(2)7-8-16-13-17(9-11-19(16)34)27(37)33-21-22(35)18-10-12-20(15(3)24(18)42-28(21)38)41-29-23(36)25(43-30(32)39)26(40-6)31(4,5)44-29;1-10-9-26-17-14-11(16(23)12(18(24)25)8-22(10)14)7-13(19)15(17)21-5-3-20(2)4-6-21/h7,9-13,23,25-26,29,34,36,38H,8H2,1-6H3,(H2,32,39)(H,33,37);7-8,10H,3-6,9H2,1-2H3,(H,24,25)/t23-,25+,26-,29-;/m1./s1. The van der Waals surface area contributed by atoms with Crippen LogP contribution in [0.25, 0.3) is 21.9 Å². The molecule has 2 fully saturated rings. The van der Waals surface area contributed by atoms with Crippen LogP contribution in [0.2, 0.25) is 0 Å². The van der Waals surface area contributed by atoms with Crippen molar-refractivity contribution in [1.29, 1.82) is 0 Å². The summed E-state index contributed by atoms with van der Waals surface area (Å²) < 4.78 is 50.5. The highest BCUT2D eigenvalue weighted by Crippen LogP contribution is 2.42. The summed E-state index contributed by atoms with van der Waals surface area (Å²) in [5.74, 6) is -2.94. The van der Waals surface area contributed by atoms with E-state index >= 15 is 0 Å². The summed E-state index contributed by atoms with van der Waals surface area (Å²) in [7, 11) is 3.38. The average molecular weight is 974 g/mol. The van der Waals surface area contributed by atoms with Crippen LogP contribution in [-0.4, -0.2) is 125 Å². The largest absolute Gasteiger partial charge is 0.508 e. The van der Waals surface area contributed by atoms with E-state index in [4.69, 9.17) is 33.8 Å². The predicted molar refractivity (Wildman–Crippen MR) is 254 cm³/mol. The lowest BCUT2D eigenvalue weighted by molar-refractivity contribution is -0.304. The Kier molecular flexibility index (Phi) is 14.5. The Hall–Kier alpha value is -7.20. The number of carbonyl (C=O) groups is 3. The number of piperazine rings is 1. The van der Waals surface area contributed by atoms with Crippen LogP contribution in [0, 0.1) is 12.7 Å². The number of aliphatic hydroxyl groups is 1. The molecule has 20 nitrogen and oxygen atoms in total. The second-order valence-corrected chi connectivity index (χ2v) is 18.2. The number of benzene rings is 3. The highest BCUT2D eigenvalue weighted by molar-refractivity contribution is 6.06. The average Bonchev–Trinajstić information content (AvgIpc) is 3.29. The molecule has 0 saturated carbocycles. The van der Waals surface area contributed by atoms with E-state index in [1.807, 2.05) is 38.8 Å². The Morgan fingerprint density at radius 1 is 1.03 bits per heavy atom. The number of nitrogens with one attached hydrogen (secondary N) is 1. The van der Waals surface area contributed by atoms with Crippen LogP contribution >= 0.6 is 0 Å². The van der Waals surface area contributed by atoms with E-state index in [9.17, 15) is 48.8 Å². The molecular weight excluding hydrogens is 918 g/mol. The van der Waals surface area contributed by atoms with Gasteiger partial charge in [0.2, 0.25) is 17.1 Å². The summed E-state index contributed by atoms with van der Waals surface area (Å²) in [6, 6.07) is 8.06. The minimum Gasteiger partial charge on any atom is -0.508 e. The van der Waals surface area contributed by atoms with Crippen LogP contribution in [0.1, 0.15) is 72.5 Å². The zero-order valence-corrected chi connectivity index (χ0v) is 39.8. The number of amides is 2. The van der Waals surface area contributed by atoms with Crippen LogP contribution in [0.15, 0.2) is 68.3 Å². The third-order valence-corrected chi connectivity index (χ3v) is 12.5. The molecule has 8 rings (SSSR count). The number of fused-ring (bicyclic) bond motifs is 1. The van der Waals surface area contributed by atoms with Crippen molar-refractivity contribution in [2.24, 2.45) is 5.73 Å². The summed E-state index contributed by atoms with van der Waals surface area (Å²) in [6.45, 7) is 13.8. The number of nitrogens with two attached hydrogens (primary N) is 1. The molecule has 21 heteroatoms. The number of pyridine rings is 1. The number of nitrogens with zero attached hydrogens (tertiary/aromatic N) is 3. The number of aromatic nitrogens is 1. The number of methoxy groups -OCH3 is 1. The first-order valence-electron chi connectivity index (χ1n) is 22.3. The number of phenolic OH excluding ortho intramolecular Hbond substituents is 1. The monoisotopic (exact) mass is 973 g/mol. The van der Waals surface area contributed by atoms with Gasteiger partial charge in [0, 0.05) is 50.6 Å². The molecule has 2 amide bonds. The Morgan fingerprint density at radius 3 is 2.37 bits per heavy atom. The highest BCUT2D eigenvalue weighted by Gasteiger charge is 2.53. The Balaban J connectivity index is 0.000000234. The molecule has 5 aromatic rings. The zero-order valence-electron chi connectivity index (χ0n) is 39.8. The van der Waals surface area contributed by atoms with Crippen molar-refractivity contribution in [3.63, 3.8) is 0 Å². The van der Waals surface area contributed by atoms with Gasteiger partial charge in [-0.3, -0.25) is 14.4 Å². The molecule has 0 bridgehead atoms. The van der Waals surface area contributed by atoms with Crippen LogP contribution < -0.4 is 36.3 Å². The summed E-state index contributed by atoms with van der Waals surface area (Å²) >= 11 is 0. The van der Waals surface area contributed by atoms with Crippen molar-refractivity contribution in [3.8, 4) is 23.2 Å². The number of hydrogen-bond donors (Lipinski definition) is 6. The number of aliphatic hydroxyl groups excluding tert-OH is 1. The number of aromatic carboxylic acids is 1. The number of phenols is 1. The minimum atomic E-state index is -1.52. The van der Waals surface area contributed by atoms with Crippen LogP contribution in [0.3, 0.4) is 0 Å². The molecule has 7 N–H and O–H groups in total. The van der Waals surface area contributed by atoms with E-state index in [0.29, 0.717) is 42.0 Å². The normalized spacial score (nSPS) is 20.7. The van der Waals surface area contributed by atoms with Gasteiger partial charge in [-0.2, -0.15) is 0 Å². The van der Waals surface area contributed by atoms with Gasteiger partial charge in [-0.15, -0.1) is 0 Å². The van der Waals surface area contributed by atoms with Crippen molar-refractivity contribution < 1.29 is 67.3 Å². The molecule has 0 aliphatic carbocycles. The second-order valence-electron chi connectivity index (χ2n) is 18.2. The maximum Gasteiger partial charge on any atom is 0.404 e. The lowest BCUT2D eigenvalue weighted by Crippen LogP contribution is -2.65. The molecule has 1 unspecified atom stereocenters. The highest BCUT2D eigenvalue weighted by atomic mass is 19.1. The number of primary amides is 1. The summed E-state index contributed by atoms with van der Waals surface area (Å²) in [5, 5.41) is 43.5. The smallest absolute Gasteiger partial charge is 0.404 e. The topological polar surface area (TPSA) is 275 Å². The maximum absolute atomic E-state index is 15.0. The molecule has 3 aliphatic rings. The molecule has 3 aliphatic heterocycles. The van der Waals surface area contributed by atoms with E-state index < -0.39 is 76.5 Å².